The number of ketones is 2. The highest BCUT2D eigenvalue weighted by Gasteiger charge is 2.51. The largest absolute Gasteiger partial charge is 0.489 e. The van der Waals surface area contributed by atoms with Crippen molar-refractivity contribution in [1.82, 2.24) is 0 Å². The normalized spacial score (nSPS) is 21.8. The molecule has 0 bridgehead atoms. The lowest BCUT2D eigenvalue weighted by Crippen LogP contribution is -2.51. The predicted molar refractivity (Wildman–Crippen MR) is 146 cm³/mol. The molecule has 3 aromatic rings. The molecule has 0 aromatic heterocycles. The number of hydrogen-bond acceptors (Lipinski definition) is 6. The number of Topliss-reactive ketones (excluding diaryl/α,β-unsaturated/α-hetero) is 2. The maximum atomic E-state index is 14.0. The minimum atomic E-state index is -4.19. The number of hydrogen-bond donors (Lipinski definition) is 1. The molecule has 38 heavy (non-hydrogen) atoms. The summed E-state index contributed by atoms with van der Waals surface area (Å²) in [6, 6.07) is 21.3. The summed E-state index contributed by atoms with van der Waals surface area (Å²) in [6.07, 6.45) is 1.33. The van der Waals surface area contributed by atoms with Crippen LogP contribution in [0.5, 0.6) is 5.75 Å². The molecule has 2 aliphatic rings. The summed E-state index contributed by atoms with van der Waals surface area (Å²) < 4.78 is 36.3. The van der Waals surface area contributed by atoms with Gasteiger partial charge in [0.2, 0.25) is 0 Å². The molecule has 3 aromatic carbocycles. The van der Waals surface area contributed by atoms with Crippen LogP contribution in [0.4, 0.5) is 5.69 Å². The van der Waals surface area contributed by atoms with Crippen LogP contribution >= 0.6 is 0 Å². The van der Waals surface area contributed by atoms with Gasteiger partial charge in [0.05, 0.1) is 11.1 Å². The van der Waals surface area contributed by atoms with Gasteiger partial charge in [-0.05, 0) is 48.9 Å². The van der Waals surface area contributed by atoms with Gasteiger partial charge >= 0.3 is 0 Å². The average Bonchev–Trinajstić information content (AvgIpc) is 2.90. The van der Waals surface area contributed by atoms with Gasteiger partial charge in [0, 0.05) is 11.6 Å². The van der Waals surface area contributed by atoms with Crippen LogP contribution in [-0.4, -0.2) is 25.8 Å². The smallest absolute Gasteiger partial charge is 0.286 e. The molecule has 1 aliphatic heterocycles. The van der Waals surface area contributed by atoms with E-state index in [-0.39, 0.29) is 28.8 Å². The second kappa shape index (κ2) is 9.83. The molecule has 7 nitrogen and oxygen atoms in total. The Kier molecular flexibility index (Phi) is 6.69. The Bertz CT molecular complexity index is 1550. The number of fused-ring (bicyclic) bond motifs is 2. The minimum Gasteiger partial charge on any atom is -0.489 e. The molecule has 0 spiro atoms. The minimum absolute atomic E-state index is 0.0644. The molecule has 0 saturated heterocycles. The topological polar surface area (TPSA) is 102 Å². The first-order valence-corrected chi connectivity index (χ1v) is 14.1. The van der Waals surface area contributed by atoms with Gasteiger partial charge in [-0.15, -0.1) is 4.40 Å². The van der Waals surface area contributed by atoms with Crippen LogP contribution in [0, 0.1) is 11.8 Å². The molecule has 1 N–H and O–H groups in total. The first-order chi connectivity index (χ1) is 18.1. The SMILES string of the molecule is CC(C)CCC1(C)C(=O)C(C2=NS(=O)(=O)c3cc(OCc4ccccc4)ccc3N2)C(=O)c2ccccc21. The molecule has 196 valence electrons. The summed E-state index contributed by atoms with van der Waals surface area (Å²) in [5.41, 5.74) is 1.38. The summed E-state index contributed by atoms with van der Waals surface area (Å²) in [5, 5.41) is 2.99. The highest BCUT2D eigenvalue weighted by atomic mass is 32.2. The molecule has 1 aliphatic carbocycles. The van der Waals surface area contributed by atoms with Crippen molar-refractivity contribution in [3.63, 3.8) is 0 Å². The van der Waals surface area contributed by atoms with Gasteiger partial charge < -0.3 is 10.1 Å². The molecular formula is C30H30N2O5S. The van der Waals surface area contributed by atoms with Crippen LogP contribution in [0.2, 0.25) is 0 Å². The van der Waals surface area contributed by atoms with Crippen molar-refractivity contribution in [3.05, 3.63) is 89.5 Å². The predicted octanol–water partition coefficient (Wildman–Crippen LogP) is 5.55. The van der Waals surface area contributed by atoms with Crippen LogP contribution in [0.15, 0.2) is 82.1 Å². The van der Waals surface area contributed by atoms with Crippen LogP contribution in [0.1, 0.15) is 55.1 Å². The zero-order chi connectivity index (χ0) is 27.1. The number of rotatable bonds is 7. The van der Waals surface area contributed by atoms with Gasteiger partial charge in [-0.25, -0.2) is 0 Å². The third kappa shape index (κ3) is 4.65. The molecule has 0 fully saturated rings. The number of anilines is 1. The molecule has 1 heterocycles. The maximum Gasteiger partial charge on any atom is 0.286 e. The summed E-state index contributed by atoms with van der Waals surface area (Å²) in [4.78, 5) is 27.5. The zero-order valence-corrected chi connectivity index (χ0v) is 22.4. The Hall–Kier alpha value is -3.78. The van der Waals surface area contributed by atoms with Crippen molar-refractivity contribution in [2.75, 3.05) is 5.32 Å². The molecular weight excluding hydrogens is 500 g/mol. The van der Waals surface area contributed by atoms with E-state index in [1.165, 1.54) is 6.07 Å². The molecule has 0 saturated carbocycles. The van der Waals surface area contributed by atoms with Crippen LogP contribution in [-0.2, 0) is 26.8 Å². The number of amidine groups is 1. The van der Waals surface area contributed by atoms with E-state index in [1.807, 2.05) is 49.4 Å². The van der Waals surface area contributed by atoms with Crippen molar-refractivity contribution >= 4 is 33.1 Å². The average molecular weight is 531 g/mol. The Morgan fingerprint density at radius 3 is 2.45 bits per heavy atom. The van der Waals surface area contributed by atoms with Crippen molar-refractivity contribution in [3.8, 4) is 5.75 Å². The first kappa shape index (κ1) is 25.9. The Labute approximate surface area is 223 Å². The summed E-state index contributed by atoms with van der Waals surface area (Å²) in [6.45, 7) is 6.29. The lowest BCUT2D eigenvalue weighted by atomic mass is 9.63. The standard InChI is InChI=1S/C30H30N2O5S/c1-19(2)15-16-30(3)23-12-8-7-11-22(23)27(33)26(28(30)34)29-31-24-14-13-21(17-25(24)38(35,36)32-29)37-18-20-9-5-4-6-10-20/h4-14,17,19,26H,15-16,18H2,1-3H3,(H,31,32). The van der Waals surface area contributed by atoms with Crippen LogP contribution in [0.25, 0.3) is 0 Å². The zero-order valence-electron chi connectivity index (χ0n) is 21.6. The van der Waals surface area contributed by atoms with E-state index < -0.39 is 27.1 Å². The second-order valence-electron chi connectivity index (χ2n) is 10.5. The van der Waals surface area contributed by atoms with Crippen molar-refractivity contribution in [2.45, 2.75) is 50.5 Å². The summed E-state index contributed by atoms with van der Waals surface area (Å²) >= 11 is 0. The van der Waals surface area contributed by atoms with Crippen LogP contribution < -0.4 is 10.1 Å². The Morgan fingerprint density at radius 2 is 1.71 bits per heavy atom. The maximum absolute atomic E-state index is 14.0. The third-order valence-electron chi connectivity index (χ3n) is 7.31. The van der Waals surface area contributed by atoms with Crippen LogP contribution in [0.3, 0.4) is 0 Å². The van der Waals surface area contributed by atoms with E-state index in [4.69, 9.17) is 4.74 Å². The van der Waals surface area contributed by atoms with Crippen molar-refractivity contribution in [2.24, 2.45) is 16.2 Å². The highest BCUT2D eigenvalue weighted by Crippen LogP contribution is 2.43. The second-order valence-corrected chi connectivity index (χ2v) is 12.1. The number of carbonyl (C=O) groups excluding carboxylic acids is 2. The number of sulfonamides is 1. The molecule has 0 amide bonds. The quantitative estimate of drug-likeness (QED) is 0.402. The number of carbonyl (C=O) groups is 2. The van der Waals surface area contributed by atoms with E-state index in [0.29, 0.717) is 29.2 Å². The van der Waals surface area contributed by atoms with Gasteiger partial charge in [0.25, 0.3) is 10.0 Å². The van der Waals surface area contributed by atoms with Crippen molar-refractivity contribution < 1.29 is 22.7 Å². The lowest BCUT2D eigenvalue weighted by molar-refractivity contribution is -0.125. The third-order valence-corrected chi connectivity index (χ3v) is 8.64. The van der Waals surface area contributed by atoms with Gasteiger partial charge in [0.1, 0.15) is 29.0 Å². The van der Waals surface area contributed by atoms with Gasteiger partial charge in [-0.1, -0.05) is 68.4 Å². The fraction of sp³-hybridized carbons (Fsp3) is 0.300. The van der Waals surface area contributed by atoms with E-state index in [1.54, 1.807) is 24.3 Å². The molecule has 5 rings (SSSR count). The Balaban J connectivity index is 1.48. The van der Waals surface area contributed by atoms with E-state index in [0.717, 1.165) is 12.0 Å². The van der Waals surface area contributed by atoms with Gasteiger partial charge in [-0.2, -0.15) is 8.42 Å². The number of benzene rings is 3. The van der Waals surface area contributed by atoms with E-state index in [9.17, 15) is 18.0 Å². The fourth-order valence-electron chi connectivity index (χ4n) is 5.10. The summed E-state index contributed by atoms with van der Waals surface area (Å²) in [7, 11) is -4.19. The molecule has 8 heteroatoms. The lowest BCUT2D eigenvalue weighted by Gasteiger charge is -2.39. The summed E-state index contributed by atoms with van der Waals surface area (Å²) in [5.74, 6) is -1.54. The first-order valence-electron chi connectivity index (χ1n) is 12.7. The van der Waals surface area contributed by atoms with E-state index >= 15 is 0 Å². The Morgan fingerprint density at radius 1 is 1.00 bits per heavy atom. The molecule has 2 unspecified atom stereocenters. The van der Waals surface area contributed by atoms with Gasteiger partial charge in [0.15, 0.2) is 11.6 Å². The number of ether oxygens (including phenoxy) is 1. The van der Waals surface area contributed by atoms with Crippen molar-refractivity contribution in [1.29, 1.82) is 0 Å². The van der Waals surface area contributed by atoms with Gasteiger partial charge in [-0.3, -0.25) is 9.59 Å². The molecule has 0 radical (unpaired) electrons. The molecule has 2 atom stereocenters. The highest BCUT2D eigenvalue weighted by molar-refractivity contribution is 7.90. The fourth-order valence-corrected chi connectivity index (χ4v) is 6.27. The van der Waals surface area contributed by atoms with E-state index in [2.05, 4.69) is 23.6 Å². The number of nitrogens with zero attached hydrogens (tertiary/aromatic N) is 1. The number of nitrogens with one attached hydrogen (secondary N) is 1. The monoisotopic (exact) mass is 530 g/mol.